The van der Waals surface area contributed by atoms with E-state index in [1.54, 1.807) is 0 Å². The second-order valence-corrected chi connectivity index (χ2v) is 4.84. The Balaban J connectivity index is 1.98. The maximum Gasteiger partial charge on any atom is 0.186 e. The second-order valence-electron chi connectivity index (χ2n) is 4.84. The minimum absolute atomic E-state index is 0.0814. The molecule has 2 saturated heterocycles. The maximum atomic E-state index is 9.76. The minimum atomic E-state index is -1.44. The van der Waals surface area contributed by atoms with Crippen LogP contribution >= 0.6 is 0 Å². The van der Waals surface area contributed by atoms with Gasteiger partial charge in [0.1, 0.15) is 36.6 Å². The van der Waals surface area contributed by atoms with E-state index in [4.69, 9.17) is 18.9 Å². The normalized spacial score (nSPS) is 50.1. The fourth-order valence-corrected chi connectivity index (χ4v) is 2.25. The Kier molecular flexibility index (Phi) is 5.29. The van der Waals surface area contributed by atoms with Crippen molar-refractivity contribution in [2.45, 2.75) is 49.2 Å². The first-order valence-electron chi connectivity index (χ1n) is 6.27. The van der Waals surface area contributed by atoms with Crippen molar-refractivity contribution >= 4 is 0 Å². The van der Waals surface area contributed by atoms with Crippen molar-refractivity contribution in [1.29, 1.82) is 0 Å². The molecule has 8 atom stereocenters. The standard InChI is InChI=1S/C11H20O9/c1-17-9-5(3-18-10(16)8(9)15)20-11-7(14)6(13)4(12)2-19-11/h4-16H,2-3H2,1H3/t4-,5+,6-,7+,8+,9-,10+,11-/m0/s1. The number of ether oxygens (including phenoxy) is 4. The highest BCUT2D eigenvalue weighted by Gasteiger charge is 2.44. The highest BCUT2D eigenvalue weighted by atomic mass is 16.7. The maximum absolute atomic E-state index is 9.76. The Morgan fingerprint density at radius 2 is 1.60 bits per heavy atom. The number of aliphatic hydroxyl groups is 5. The summed E-state index contributed by atoms with van der Waals surface area (Å²) >= 11 is 0. The summed E-state index contributed by atoms with van der Waals surface area (Å²) in [6.45, 7) is -0.277. The molecular weight excluding hydrogens is 276 g/mol. The van der Waals surface area contributed by atoms with Crippen molar-refractivity contribution in [2.24, 2.45) is 0 Å². The molecule has 0 aliphatic carbocycles. The lowest BCUT2D eigenvalue weighted by atomic mass is 10.0. The molecule has 0 bridgehead atoms. The first kappa shape index (κ1) is 16.0. The monoisotopic (exact) mass is 296 g/mol. The zero-order chi connectivity index (χ0) is 14.9. The van der Waals surface area contributed by atoms with Gasteiger partial charge in [0.15, 0.2) is 12.6 Å². The average Bonchev–Trinajstić information content (AvgIpc) is 2.44. The Bertz CT molecular complexity index is 314. The quantitative estimate of drug-likeness (QED) is 0.359. The molecule has 0 saturated carbocycles. The molecule has 2 heterocycles. The van der Waals surface area contributed by atoms with Crippen LogP contribution in [0.25, 0.3) is 0 Å². The molecule has 0 aromatic carbocycles. The predicted molar refractivity (Wildman–Crippen MR) is 61.4 cm³/mol. The summed E-state index contributed by atoms with van der Waals surface area (Å²) in [5, 5.41) is 47.7. The number of hydrogen-bond donors (Lipinski definition) is 5. The van der Waals surface area contributed by atoms with Crippen molar-refractivity contribution in [3.05, 3.63) is 0 Å². The van der Waals surface area contributed by atoms with Gasteiger partial charge in [-0.25, -0.2) is 0 Å². The number of methoxy groups -OCH3 is 1. The highest BCUT2D eigenvalue weighted by molar-refractivity contribution is 4.88. The third kappa shape index (κ3) is 3.11. The van der Waals surface area contributed by atoms with Gasteiger partial charge < -0.3 is 44.5 Å². The largest absolute Gasteiger partial charge is 0.388 e. The van der Waals surface area contributed by atoms with E-state index in [1.165, 1.54) is 7.11 Å². The van der Waals surface area contributed by atoms with Gasteiger partial charge in [0, 0.05) is 7.11 Å². The fraction of sp³-hybridized carbons (Fsp3) is 1.00. The molecule has 5 N–H and O–H groups in total. The van der Waals surface area contributed by atoms with Gasteiger partial charge in [0.25, 0.3) is 0 Å². The molecule has 20 heavy (non-hydrogen) atoms. The first-order valence-corrected chi connectivity index (χ1v) is 6.27. The van der Waals surface area contributed by atoms with Crippen LogP contribution in [0, 0.1) is 0 Å². The van der Waals surface area contributed by atoms with E-state index in [1.807, 2.05) is 0 Å². The number of rotatable bonds is 3. The molecule has 2 fully saturated rings. The van der Waals surface area contributed by atoms with Crippen LogP contribution in [0.4, 0.5) is 0 Å². The Morgan fingerprint density at radius 3 is 2.25 bits per heavy atom. The molecule has 2 aliphatic heterocycles. The summed E-state index contributed by atoms with van der Waals surface area (Å²) in [5.74, 6) is 0. The lowest BCUT2D eigenvalue weighted by Gasteiger charge is -2.41. The van der Waals surface area contributed by atoms with E-state index in [0.29, 0.717) is 0 Å². The third-order valence-corrected chi connectivity index (χ3v) is 3.46. The zero-order valence-electron chi connectivity index (χ0n) is 10.9. The molecule has 2 aliphatic rings. The minimum Gasteiger partial charge on any atom is -0.388 e. The second kappa shape index (κ2) is 6.60. The lowest BCUT2D eigenvalue weighted by molar-refractivity contribution is -0.325. The summed E-state index contributed by atoms with van der Waals surface area (Å²) in [7, 11) is 1.33. The molecular formula is C11H20O9. The van der Waals surface area contributed by atoms with E-state index in [-0.39, 0.29) is 13.2 Å². The Hall–Kier alpha value is -0.360. The number of hydrogen-bond acceptors (Lipinski definition) is 9. The third-order valence-electron chi connectivity index (χ3n) is 3.46. The van der Waals surface area contributed by atoms with Crippen LogP contribution in [0.3, 0.4) is 0 Å². The topological polar surface area (TPSA) is 138 Å². The summed E-state index contributed by atoms with van der Waals surface area (Å²) < 4.78 is 20.5. The van der Waals surface area contributed by atoms with Crippen LogP contribution < -0.4 is 0 Å². The molecule has 0 unspecified atom stereocenters. The van der Waals surface area contributed by atoms with Crippen molar-refractivity contribution in [3.63, 3.8) is 0 Å². The first-order chi connectivity index (χ1) is 9.45. The Labute approximate surface area is 115 Å². The molecule has 9 nitrogen and oxygen atoms in total. The zero-order valence-corrected chi connectivity index (χ0v) is 10.9. The Morgan fingerprint density at radius 1 is 0.900 bits per heavy atom. The van der Waals surface area contributed by atoms with E-state index < -0.39 is 49.2 Å². The molecule has 2 rings (SSSR count). The van der Waals surface area contributed by atoms with Gasteiger partial charge in [-0.2, -0.15) is 0 Å². The van der Waals surface area contributed by atoms with Crippen molar-refractivity contribution in [2.75, 3.05) is 20.3 Å². The molecule has 0 aromatic heterocycles. The lowest BCUT2D eigenvalue weighted by Crippen LogP contribution is -2.59. The van der Waals surface area contributed by atoms with Crippen LogP contribution in [0.1, 0.15) is 0 Å². The SMILES string of the molecule is CO[C@@H]1[C@@H](O)[C@H](O)OC[C@H]1O[C@@H]1OC[C@H](O)[C@H](O)[C@H]1O. The fourth-order valence-electron chi connectivity index (χ4n) is 2.25. The molecule has 0 aromatic rings. The van der Waals surface area contributed by atoms with Gasteiger partial charge in [-0.1, -0.05) is 0 Å². The van der Waals surface area contributed by atoms with E-state index in [0.717, 1.165) is 0 Å². The molecule has 0 radical (unpaired) electrons. The highest BCUT2D eigenvalue weighted by Crippen LogP contribution is 2.24. The summed E-state index contributed by atoms with van der Waals surface area (Å²) in [5.41, 5.74) is 0. The van der Waals surface area contributed by atoms with Crippen molar-refractivity contribution < 1.29 is 44.5 Å². The van der Waals surface area contributed by atoms with Crippen LogP contribution in [-0.2, 0) is 18.9 Å². The van der Waals surface area contributed by atoms with Crippen LogP contribution in [-0.4, -0.2) is 95.1 Å². The van der Waals surface area contributed by atoms with E-state index in [2.05, 4.69) is 0 Å². The van der Waals surface area contributed by atoms with Gasteiger partial charge in [-0.3, -0.25) is 0 Å². The molecule has 0 amide bonds. The van der Waals surface area contributed by atoms with Crippen molar-refractivity contribution in [1.82, 2.24) is 0 Å². The van der Waals surface area contributed by atoms with Crippen molar-refractivity contribution in [3.8, 4) is 0 Å². The van der Waals surface area contributed by atoms with Crippen LogP contribution in [0.5, 0.6) is 0 Å². The molecule has 9 heteroatoms. The van der Waals surface area contributed by atoms with Crippen LogP contribution in [0.15, 0.2) is 0 Å². The van der Waals surface area contributed by atoms with Gasteiger partial charge in [-0.15, -0.1) is 0 Å². The van der Waals surface area contributed by atoms with Gasteiger partial charge >= 0.3 is 0 Å². The average molecular weight is 296 g/mol. The summed E-state index contributed by atoms with van der Waals surface area (Å²) in [4.78, 5) is 0. The van der Waals surface area contributed by atoms with Gasteiger partial charge in [0.05, 0.1) is 13.2 Å². The number of aliphatic hydroxyl groups excluding tert-OH is 5. The van der Waals surface area contributed by atoms with E-state index in [9.17, 15) is 25.5 Å². The molecule has 0 spiro atoms. The molecule has 118 valence electrons. The summed E-state index contributed by atoms with van der Waals surface area (Å²) in [6, 6.07) is 0. The van der Waals surface area contributed by atoms with Gasteiger partial charge in [0.2, 0.25) is 0 Å². The van der Waals surface area contributed by atoms with Gasteiger partial charge in [-0.05, 0) is 0 Å². The predicted octanol–water partition coefficient (Wildman–Crippen LogP) is -3.46. The van der Waals surface area contributed by atoms with E-state index >= 15 is 0 Å². The smallest absolute Gasteiger partial charge is 0.186 e. The van der Waals surface area contributed by atoms with Crippen LogP contribution in [0.2, 0.25) is 0 Å². The summed E-state index contributed by atoms with van der Waals surface area (Å²) in [6.07, 6.45) is -9.60.